The van der Waals surface area contributed by atoms with E-state index in [1.165, 1.54) is 22.3 Å². The van der Waals surface area contributed by atoms with E-state index in [1.54, 1.807) is 0 Å². The Morgan fingerprint density at radius 3 is 2.83 bits per heavy atom. The first-order chi connectivity index (χ1) is 14.4. The van der Waals surface area contributed by atoms with E-state index in [4.69, 9.17) is 9.72 Å². The van der Waals surface area contributed by atoms with Crippen LogP contribution >= 0.6 is 0 Å². The maximum absolute atomic E-state index is 12.2. The van der Waals surface area contributed by atoms with Gasteiger partial charge in [0, 0.05) is 50.6 Å². The average molecular weight is 406 g/mol. The second-order valence-electron chi connectivity index (χ2n) is 8.70. The number of anilines is 2. The minimum atomic E-state index is -0.169. The monoisotopic (exact) mass is 406 g/mol. The van der Waals surface area contributed by atoms with E-state index in [9.17, 15) is 4.79 Å². The highest BCUT2D eigenvalue weighted by atomic mass is 16.5. The number of ether oxygens (including phenoxy) is 1. The molecule has 5 rings (SSSR count). The molecule has 2 aliphatic heterocycles. The molecule has 3 aromatic heterocycles. The third kappa shape index (κ3) is 3.41. The Morgan fingerprint density at radius 2 is 2.00 bits per heavy atom. The molecule has 0 spiro atoms. The van der Waals surface area contributed by atoms with E-state index < -0.39 is 0 Å². The molecule has 8 nitrogen and oxygen atoms in total. The van der Waals surface area contributed by atoms with Crippen molar-refractivity contribution in [2.75, 3.05) is 36.0 Å². The molecule has 3 aromatic rings. The van der Waals surface area contributed by atoms with Crippen LogP contribution < -0.4 is 15.4 Å². The lowest BCUT2D eigenvalue weighted by molar-refractivity contribution is -0.0277. The van der Waals surface area contributed by atoms with Gasteiger partial charge in [-0.15, -0.1) is 5.10 Å². The summed E-state index contributed by atoms with van der Waals surface area (Å²) in [4.78, 5) is 25.8. The van der Waals surface area contributed by atoms with Crippen molar-refractivity contribution in [2.45, 2.75) is 39.3 Å². The third-order valence-electron chi connectivity index (χ3n) is 5.86. The fourth-order valence-corrected chi connectivity index (χ4v) is 4.36. The Labute approximate surface area is 175 Å². The van der Waals surface area contributed by atoms with Crippen molar-refractivity contribution in [1.29, 1.82) is 0 Å². The standard InChI is InChI=1S/C22H26N6O2/c1-15-10-19-23-6-4-20(29)28(19)25-21(15)26-7-5-18-16(13-26)11-17(12-24-18)27-8-9-30-22(2,3)14-27/h4,6,10-12H,5,7-9,13-14H2,1-3H3. The van der Waals surface area contributed by atoms with Crippen molar-refractivity contribution in [3.05, 3.63) is 57.8 Å². The molecule has 0 atom stereocenters. The summed E-state index contributed by atoms with van der Waals surface area (Å²) in [6.07, 6.45) is 4.36. The highest BCUT2D eigenvalue weighted by Gasteiger charge is 2.28. The fourth-order valence-electron chi connectivity index (χ4n) is 4.36. The molecule has 156 valence electrons. The summed E-state index contributed by atoms with van der Waals surface area (Å²) >= 11 is 0. The summed E-state index contributed by atoms with van der Waals surface area (Å²) < 4.78 is 7.23. The largest absolute Gasteiger partial charge is 0.372 e. The van der Waals surface area contributed by atoms with Gasteiger partial charge in [-0.25, -0.2) is 4.98 Å². The number of aromatic nitrogens is 4. The normalized spacial score (nSPS) is 18.5. The smallest absolute Gasteiger partial charge is 0.274 e. The molecule has 2 aliphatic rings. The molecule has 0 amide bonds. The maximum atomic E-state index is 12.2. The quantitative estimate of drug-likeness (QED) is 0.644. The summed E-state index contributed by atoms with van der Waals surface area (Å²) in [5, 5.41) is 4.62. The van der Waals surface area contributed by atoms with Gasteiger partial charge in [0.05, 0.1) is 24.1 Å². The van der Waals surface area contributed by atoms with Crippen LogP contribution in [0, 0.1) is 6.92 Å². The van der Waals surface area contributed by atoms with Crippen LogP contribution in [0.2, 0.25) is 0 Å². The molecule has 0 radical (unpaired) electrons. The highest BCUT2D eigenvalue weighted by molar-refractivity contribution is 5.55. The molecule has 0 bridgehead atoms. The molecular weight excluding hydrogens is 380 g/mol. The number of fused-ring (bicyclic) bond motifs is 2. The van der Waals surface area contributed by atoms with Gasteiger partial charge in [0.2, 0.25) is 0 Å². The molecule has 5 heterocycles. The van der Waals surface area contributed by atoms with Crippen molar-refractivity contribution in [3.63, 3.8) is 0 Å². The Kier molecular flexibility index (Phi) is 4.47. The number of hydrogen-bond acceptors (Lipinski definition) is 7. The van der Waals surface area contributed by atoms with Gasteiger partial charge in [-0.3, -0.25) is 9.78 Å². The van der Waals surface area contributed by atoms with Gasteiger partial charge in [-0.1, -0.05) is 0 Å². The molecule has 0 aliphatic carbocycles. The number of hydrogen-bond donors (Lipinski definition) is 0. The zero-order valence-electron chi connectivity index (χ0n) is 17.6. The van der Waals surface area contributed by atoms with Crippen molar-refractivity contribution in [1.82, 2.24) is 19.6 Å². The molecule has 0 saturated carbocycles. The summed E-state index contributed by atoms with van der Waals surface area (Å²) in [5.41, 5.74) is 4.74. The molecular formula is C22H26N6O2. The summed E-state index contributed by atoms with van der Waals surface area (Å²) in [6.45, 7) is 10.2. The first kappa shape index (κ1) is 19.0. The van der Waals surface area contributed by atoms with Crippen LogP contribution in [-0.2, 0) is 17.7 Å². The number of morpholine rings is 1. The number of nitrogens with zero attached hydrogens (tertiary/aromatic N) is 6. The van der Waals surface area contributed by atoms with Crippen LogP contribution in [-0.4, -0.2) is 51.4 Å². The van der Waals surface area contributed by atoms with Crippen LogP contribution in [0.3, 0.4) is 0 Å². The number of pyridine rings is 1. The van der Waals surface area contributed by atoms with E-state index in [1.807, 2.05) is 19.2 Å². The summed E-state index contributed by atoms with van der Waals surface area (Å²) in [7, 11) is 0. The Balaban J connectivity index is 1.46. The van der Waals surface area contributed by atoms with Crippen molar-refractivity contribution >= 4 is 17.2 Å². The van der Waals surface area contributed by atoms with Gasteiger partial charge in [0.1, 0.15) is 0 Å². The van der Waals surface area contributed by atoms with Gasteiger partial charge < -0.3 is 14.5 Å². The van der Waals surface area contributed by atoms with E-state index in [2.05, 4.69) is 39.8 Å². The number of rotatable bonds is 2. The van der Waals surface area contributed by atoms with Crippen LogP contribution in [0.1, 0.15) is 30.7 Å². The third-order valence-corrected chi connectivity index (χ3v) is 5.86. The predicted molar refractivity (Wildman–Crippen MR) is 115 cm³/mol. The minimum Gasteiger partial charge on any atom is -0.372 e. The van der Waals surface area contributed by atoms with Crippen molar-refractivity contribution < 1.29 is 4.74 Å². The molecule has 0 unspecified atom stereocenters. The summed E-state index contributed by atoms with van der Waals surface area (Å²) in [5.74, 6) is 0.821. The summed E-state index contributed by atoms with van der Waals surface area (Å²) in [6, 6.07) is 5.61. The first-order valence-corrected chi connectivity index (χ1v) is 10.4. The van der Waals surface area contributed by atoms with E-state index in [-0.39, 0.29) is 11.2 Å². The van der Waals surface area contributed by atoms with Gasteiger partial charge >= 0.3 is 0 Å². The van der Waals surface area contributed by atoms with E-state index >= 15 is 0 Å². The average Bonchev–Trinajstić information content (AvgIpc) is 2.72. The van der Waals surface area contributed by atoms with Crippen molar-refractivity contribution in [3.8, 4) is 0 Å². The molecule has 0 N–H and O–H groups in total. The Bertz CT molecular complexity index is 1170. The van der Waals surface area contributed by atoms with E-state index in [0.29, 0.717) is 5.65 Å². The first-order valence-electron chi connectivity index (χ1n) is 10.4. The molecule has 0 aromatic carbocycles. The van der Waals surface area contributed by atoms with E-state index in [0.717, 1.165) is 62.0 Å². The predicted octanol–water partition coefficient (Wildman–Crippen LogP) is 1.97. The molecule has 1 saturated heterocycles. The molecule has 1 fully saturated rings. The lowest BCUT2D eigenvalue weighted by atomic mass is 10.0. The van der Waals surface area contributed by atoms with Crippen LogP contribution in [0.5, 0.6) is 0 Å². The second-order valence-corrected chi connectivity index (χ2v) is 8.70. The van der Waals surface area contributed by atoms with Crippen LogP contribution in [0.4, 0.5) is 11.5 Å². The second kappa shape index (κ2) is 7.05. The lowest BCUT2D eigenvalue weighted by Gasteiger charge is -2.40. The Hall–Kier alpha value is -3.00. The zero-order chi connectivity index (χ0) is 20.9. The van der Waals surface area contributed by atoms with Gasteiger partial charge in [-0.2, -0.15) is 4.52 Å². The Morgan fingerprint density at radius 1 is 1.13 bits per heavy atom. The van der Waals surface area contributed by atoms with Crippen LogP contribution in [0.15, 0.2) is 35.4 Å². The lowest BCUT2D eigenvalue weighted by Crippen LogP contribution is -2.48. The number of aryl methyl sites for hydroxylation is 1. The minimum absolute atomic E-state index is 0.159. The van der Waals surface area contributed by atoms with Crippen LogP contribution in [0.25, 0.3) is 5.65 Å². The van der Waals surface area contributed by atoms with Crippen molar-refractivity contribution in [2.24, 2.45) is 0 Å². The zero-order valence-corrected chi connectivity index (χ0v) is 17.6. The molecule has 30 heavy (non-hydrogen) atoms. The maximum Gasteiger partial charge on any atom is 0.274 e. The highest BCUT2D eigenvalue weighted by Crippen LogP contribution is 2.29. The SMILES string of the molecule is Cc1cc2nccc(=O)n2nc1N1CCc2ncc(N3CCOC(C)(C)C3)cc2C1. The van der Waals surface area contributed by atoms with Gasteiger partial charge in [0.25, 0.3) is 5.56 Å². The fraction of sp³-hybridized carbons (Fsp3) is 0.455. The topological polar surface area (TPSA) is 75.9 Å². The van der Waals surface area contributed by atoms with Gasteiger partial charge in [0.15, 0.2) is 11.5 Å². The molecule has 8 heteroatoms. The van der Waals surface area contributed by atoms with Gasteiger partial charge in [-0.05, 0) is 44.0 Å².